The van der Waals surface area contributed by atoms with Crippen LogP contribution in [0.5, 0.6) is 0 Å². The van der Waals surface area contributed by atoms with Crippen LogP contribution in [0.2, 0.25) is 0 Å². The van der Waals surface area contributed by atoms with Crippen molar-refractivity contribution in [3.05, 3.63) is 28.7 Å². The molecule has 0 radical (unpaired) electrons. The Morgan fingerprint density at radius 3 is 2.87 bits per heavy atom. The van der Waals surface area contributed by atoms with Crippen LogP contribution >= 0.6 is 11.3 Å². The minimum Gasteiger partial charge on any atom is -0.306 e. The molecule has 0 bridgehead atoms. The molecule has 0 saturated heterocycles. The van der Waals surface area contributed by atoms with Crippen LogP contribution < -0.4 is 5.32 Å². The number of allylic oxidation sites excluding steroid dienone is 1. The summed E-state index contributed by atoms with van der Waals surface area (Å²) >= 11 is 1.73. The maximum Gasteiger partial charge on any atom is 0.110 e. The normalized spacial score (nSPS) is 14.9. The van der Waals surface area contributed by atoms with E-state index in [2.05, 4.69) is 36.1 Å². The summed E-state index contributed by atoms with van der Waals surface area (Å²) in [6, 6.07) is 0.866. The summed E-state index contributed by atoms with van der Waals surface area (Å²) in [5.74, 6) is 0. The molecule has 1 N–H and O–H groups in total. The monoisotopic (exact) mass is 224 g/mol. The third kappa shape index (κ3) is 4.14. The van der Waals surface area contributed by atoms with E-state index in [9.17, 15) is 0 Å². The molecule has 0 amide bonds. The molecule has 2 nitrogen and oxygen atoms in total. The minimum absolute atomic E-state index is 0.350. The van der Waals surface area contributed by atoms with Gasteiger partial charge in [0.15, 0.2) is 0 Å². The molecule has 0 spiro atoms. The molecular formula is C12H20N2S. The molecule has 1 rings (SSSR count). The summed E-state index contributed by atoms with van der Waals surface area (Å²) in [6.45, 7) is 10.1. The molecule has 0 fully saturated rings. The van der Waals surface area contributed by atoms with Crippen molar-refractivity contribution in [2.24, 2.45) is 0 Å². The molecule has 0 aliphatic heterocycles. The van der Waals surface area contributed by atoms with Crippen molar-refractivity contribution in [1.82, 2.24) is 10.3 Å². The van der Waals surface area contributed by atoms with Crippen molar-refractivity contribution >= 4 is 11.3 Å². The number of rotatable bonds is 6. The molecule has 2 unspecified atom stereocenters. The van der Waals surface area contributed by atoms with Crippen LogP contribution in [0, 0.1) is 6.92 Å². The van der Waals surface area contributed by atoms with E-state index >= 15 is 0 Å². The highest BCUT2D eigenvalue weighted by atomic mass is 32.1. The summed E-state index contributed by atoms with van der Waals surface area (Å²) in [4.78, 5) is 4.48. The van der Waals surface area contributed by atoms with Crippen molar-refractivity contribution in [2.45, 2.75) is 45.7 Å². The van der Waals surface area contributed by atoms with Gasteiger partial charge >= 0.3 is 0 Å². The SMILES string of the molecule is C=CCCC(C)NC(C)c1nc(C)cs1. The van der Waals surface area contributed by atoms with Gasteiger partial charge in [-0.3, -0.25) is 0 Å². The van der Waals surface area contributed by atoms with E-state index < -0.39 is 0 Å². The van der Waals surface area contributed by atoms with Crippen molar-refractivity contribution < 1.29 is 0 Å². The van der Waals surface area contributed by atoms with Crippen LogP contribution in [-0.2, 0) is 0 Å². The fourth-order valence-corrected chi connectivity index (χ4v) is 2.33. The summed E-state index contributed by atoms with van der Waals surface area (Å²) in [5, 5.41) is 6.82. The quantitative estimate of drug-likeness (QED) is 0.749. The second kappa shape index (κ2) is 6.03. The molecular weight excluding hydrogens is 204 g/mol. The Labute approximate surface area is 96.4 Å². The van der Waals surface area contributed by atoms with Gasteiger partial charge in [-0.1, -0.05) is 6.08 Å². The Balaban J connectivity index is 2.41. The van der Waals surface area contributed by atoms with Gasteiger partial charge in [-0.2, -0.15) is 0 Å². The third-order valence-electron chi connectivity index (χ3n) is 2.35. The second-order valence-electron chi connectivity index (χ2n) is 3.98. The van der Waals surface area contributed by atoms with Gasteiger partial charge in [-0.05, 0) is 33.6 Å². The van der Waals surface area contributed by atoms with Gasteiger partial charge in [0.05, 0.1) is 6.04 Å². The number of aromatic nitrogens is 1. The molecule has 1 heterocycles. The number of nitrogens with zero attached hydrogens (tertiary/aromatic N) is 1. The molecule has 1 aromatic heterocycles. The molecule has 1 aromatic rings. The van der Waals surface area contributed by atoms with Crippen LogP contribution in [-0.4, -0.2) is 11.0 Å². The van der Waals surface area contributed by atoms with E-state index in [1.807, 2.05) is 13.0 Å². The fourth-order valence-electron chi connectivity index (χ4n) is 1.52. The average molecular weight is 224 g/mol. The summed E-state index contributed by atoms with van der Waals surface area (Å²) in [7, 11) is 0. The van der Waals surface area contributed by atoms with E-state index in [0.29, 0.717) is 12.1 Å². The zero-order valence-corrected chi connectivity index (χ0v) is 10.6. The van der Waals surface area contributed by atoms with Crippen molar-refractivity contribution in [2.75, 3.05) is 0 Å². The first-order valence-corrected chi connectivity index (χ1v) is 6.30. The maximum atomic E-state index is 4.48. The van der Waals surface area contributed by atoms with Crippen molar-refractivity contribution in [3.8, 4) is 0 Å². The smallest absolute Gasteiger partial charge is 0.110 e. The fraction of sp³-hybridized carbons (Fsp3) is 0.583. The number of thiazole rings is 1. The van der Waals surface area contributed by atoms with Crippen LogP contribution in [0.15, 0.2) is 18.0 Å². The van der Waals surface area contributed by atoms with Crippen LogP contribution in [0.25, 0.3) is 0 Å². The molecule has 3 heteroatoms. The first-order valence-electron chi connectivity index (χ1n) is 5.42. The first kappa shape index (κ1) is 12.4. The Bertz CT molecular complexity index is 306. The van der Waals surface area contributed by atoms with Gasteiger partial charge in [0.2, 0.25) is 0 Å². The topological polar surface area (TPSA) is 24.9 Å². The molecule has 0 saturated carbocycles. The lowest BCUT2D eigenvalue weighted by Gasteiger charge is -2.17. The van der Waals surface area contributed by atoms with Gasteiger partial charge in [0, 0.05) is 17.1 Å². The van der Waals surface area contributed by atoms with Gasteiger partial charge < -0.3 is 5.32 Å². The second-order valence-corrected chi connectivity index (χ2v) is 4.87. The van der Waals surface area contributed by atoms with Gasteiger partial charge in [0.1, 0.15) is 5.01 Å². The van der Waals surface area contributed by atoms with Crippen LogP contribution in [0.4, 0.5) is 0 Å². The van der Waals surface area contributed by atoms with E-state index in [0.717, 1.165) is 18.5 Å². The lowest BCUT2D eigenvalue weighted by atomic mass is 10.1. The predicted molar refractivity (Wildman–Crippen MR) is 67.3 cm³/mol. The molecule has 0 aromatic carbocycles. The number of nitrogens with one attached hydrogen (secondary N) is 1. The van der Waals surface area contributed by atoms with Gasteiger partial charge in [-0.15, -0.1) is 17.9 Å². The van der Waals surface area contributed by atoms with E-state index in [4.69, 9.17) is 0 Å². The van der Waals surface area contributed by atoms with Crippen molar-refractivity contribution in [3.63, 3.8) is 0 Å². The molecule has 0 aliphatic carbocycles. The predicted octanol–water partition coefficient (Wildman–Crippen LogP) is 3.46. The van der Waals surface area contributed by atoms with Gasteiger partial charge in [0.25, 0.3) is 0 Å². The van der Waals surface area contributed by atoms with E-state index in [1.165, 1.54) is 5.01 Å². The molecule has 0 aliphatic rings. The maximum absolute atomic E-state index is 4.48. The summed E-state index contributed by atoms with van der Waals surface area (Å²) < 4.78 is 0. The van der Waals surface area contributed by atoms with Crippen LogP contribution in [0.1, 0.15) is 43.4 Å². The largest absolute Gasteiger partial charge is 0.306 e. The third-order valence-corrected chi connectivity index (χ3v) is 3.49. The molecule has 15 heavy (non-hydrogen) atoms. The Kier molecular flexibility index (Phi) is 4.99. The standard InChI is InChI=1S/C12H20N2S/c1-5-6-7-9(2)13-11(4)12-14-10(3)8-15-12/h5,8-9,11,13H,1,6-7H2,2-4H3. The summed E-state index contributed by atoms with van der Waals surface area (Å²) in [5.41, 5.74) is 1.11. The summed E-state index contributed by atoms with van der Waals surface area (Å²) in [6.07, 6.45) is 4.17. The average Bonchev–Trinajstić information content (AvgIpc) is 2.61. The van der Waals surface area contributed by atoms with Gasteiger partial charge in [-0.25, -0.2) is 4.98 Å². The number of aryl methyl sites for hydroxylation is 1. The Hall–Kier alpha value is -0.670. The zero-order valence-electron chi connectivity index (χ0n) is 9.79. The van der Waals surface area contributed by atoms with E-state index in [1.54, 1.807) is 11.3 Å². The lowest BCUT2D eigenvalue weighted by Crippen LogP contribution is -2.28. The Morgan fingerprint density at radius 2 is 2.33 bits per heavy atom. The minimum atomic E-state index is 0.350. The highest BCUT2D eigenvalue weighted by molar-refractivity contribution is 7.09. The molecule has 84 valence electrons. The zero-order chi connectivity index (χ0) is 11.3. The van der Waals surface area contributed by atoms with Crippen LogP contribution in [0.3, 0.4) is 0 Å². The Morgan fingerprint density at radius 1 is 1.60 bits per heavy atom. The lowest BCUT2D eigenvalue weighted by molar-refractivity contribution is 0.457. The highest BCUT2D eigenvalue weighted by Gasteiger charge is 2.11. The number of hydrogen-bond acceptors (Lipinski definition) is 3. The van der Waals surface area contributed by atoms with E-state index in [-0.39, 0.29) is 0 Å². The highest BCUT2D eigenvalue weighted by Crippen LogP contribution is 2.18. The van der Waals surface area contributed by atoms with Crippen molar-refractivity contribution in [1.29, 1.82) is 0 Å². The number of hydrogen-bond donors (Lipinski definition) is 1. The first-order chi connectivity index (χ1) is 7.13. The molecule has 2 atom stereocenters.